The molecule has 1 aromatic heterocycles. The highest BCUT2D eigenvalue weighted by Gasteiger charge is 2.30. The second-order valence-corrected chi connectivity index (χ2v) is 4.48. The molecule has 0 radical (unpaired) electrons. The Balaban J connectivity index is 2.17. The van der Waals surface area contributed by atoms with Crippen LogP contribution in [0.2, 0.25) is 0 Å². The van der Waals surface area contributed by atoms with Crippen molar-refractivity contribution in [2.45, 2.75) is 6.42 Å². The first-order chi connectivity index (χ1) is 8.54. The van der Waals surface area contributed by atoms with Crippen LogP contribution in [0.1, 0.15) is 16.9 Å². The molecule has 1 atom stereocenters. The molecule has 0 spiro atoms. The quantitative estimate of drug-likeness (QED) is 0.623. The summed E-state index contributed by atoms with van der Waals surface area (Å²) in [6.07, 6.45) is 0.773. The normalized spacial score (nSPS) is 19.2. The van der Waals surface area contributed by atoms with Gasteiger partial charge >= 0.3 is 5.82 Å². The van der Waals surface area contributed by atoms with Crippen molar-refractivity contribution in [2.75, 3.05) is 19.7 Å². The molecule has 1 unspecified atom stereocenters. The molecule has 1 aliphatic rings. The van der Waals surface area contributed by atoms with E-state index < -0.39 is 4.92 Å². The first-order valence-electron chi connectivity index (χ1n) is 5.75. The fourth-order valence-electron chi connectivity index (χ4n) is 2.23. The van der Waals surface area contributed by atoms with Crippen molar-refractivity contribution in [3.8, 4) is 0 Å². The molecule has 98 valence electrons. The number of aliphatic hydroxyl groups excluding tert-OH is 1. The van der Waals surface area contributed by atoms with Gasteiger partial charge in [0, 0.05) is 31.7 Å². The highest BCUT2D eigenvalue weighted by Crippen LogP contribution is 2.21. The summed E-state index contributed by atoms with van der Waals surface area (Å²) in [5, 5.41) is 19.7. The zero-order valence-electron chi connectivity index (χ0n) is 10.1. The molecule has 1 aromatic rings. The largest absolute Gasteiger partial charge is 0.396 e. The Morgan fingerprint density at radius 3 is 2.83 bits per heavy atom. The number of amides is 1. The third-order valence-corrected chi connectivity index (χ3v) is 3.33. The molecule has 2 rings (SSSR count). The third kappa shape index (κ3) is 2.08. The molecule has 7 nitrogen and oxygen atoms in total. The van der Waals surface area contributed by atoms with E-state index in [-0.39, 0.29) is 24.2 Å². The summed E-state index contributed by atoms with van der Waals surface area (Å²) < 4.78 is 1.29. The maximum atomic E-state index is 12.2. The summed E-state index contributed by atoms with van der Waals surface area (Å²) in [5.41, 5.74) is 0.306. The first-order valence-corrected chi connectivity index (χ1v) is 5.75. The summed E-state index contributed by atoms with van der Waals surface area (Å²) in [4.78, 5) is 24.0. The van der Waals surface area contributed by atoms with E-state index in [1.54, 1.807) is 4.90 Å². The van der Waals surface area contributed by atoms with E-state index in [0.717, 1.165) is 6.42 Å². The lowest BCUT2D eigenvalue weighted by atomic mass is 10.1. The number of rotatable bonds is 3. The Bertz CT molecular complexity index is 483. The van der Waals surface area contributed by atoms with Crippen LogP contribution >= 0.6 is 0 Å². The second-order valence-electron chi connectivity index (χ2n) is 4.48. The van der Waals surface area contributed by atoms with Crippen LogP contribution in [-0.2, 0) is 7.05 Å². The van der Waals surface area contributed by atoms with Gasteiger partial charge < -0.3 is 20.1 Å². The van der Waals surface area contributed by atoms with Gasteiger partial charge in [0.05, 0.1) is 7.05 Å². The predicted molar refractivity (Wildman–Crippen MR) is 63.2 cm³/mol. The van der Waals surface area contributed by atoms with Gasteiger partial charge in [0.1, 0.15) is 0 Å². The monoisotopic (exact) mass is 253 g/mol. The summed E-state index contributed by atoms with van der Waals surface area (Å²) in [6, 6.07) is 2.79. The molecule has 1 saturated heterocycles. The van der Waals surface area contributed by atoms with Crippen LogP contribution in [0.4, 0.5) is 5.82 Å². The van der Waals surface area contributed by atoms with Crippen molar-refractivity contribution in [3.63, 3.8) is 0 Å². The molecule has 2 heterocycles. The molecule has 18 heavy (non-hydrogen) atoms. The zero-order valence-corrected chi connectivity index (χ0v) is 10.1. The number of hydrogen-bond acceptors (Lipinski definition) is 4. The number of carbonyl (C=O) groups is 1. The lowest BCUT2D eigenvalue weighted by molar-refractivity contribution is -0.391. The number of nitrogens with zero attached hydrogens (tertiary/aromatic N) is 3. The van der Waals surface area contributed by atoms with Crippen LogP contribution in [0, 0.1) is 16.0 Å². The standard InChI is InChI=1S/C11H15N3O4/c1-12-9(2-3-10(12)14(17)18)11(16)13-5-4-8(6-13)7-15/h2-3,8,15H,4-7H2,1H3. The Kier molecular flexibility index (Phi) is 3.33. The number of aromatic nitrogens is 1. The average molecular weight is 253 g/mol. The maximum Gasteiger partial charge on any atom is 0.323 e. The molecule has 0 saturated carbocycles. The first kappa shape index (κ1) is 12.6. The van der Waals surface area contributed by atoms with E-state index in [0.29, 0.717) is 18.8 Å². The van der Waals surface area contributed by atoms with Crippen molar-refractivity contribution in [2.24, 2.45) is 13.0 Å². The van der Waals surface area contributed by atoms with Gasteiger partial charge in [-0.15, -0.1) is 0 Å². The minimum absolute atomic E-state index is 0.0665. The third-order valence-electron chi connectivity index (χ3n) is 3.33. The van der Waals surface area contributed by atoms with Crippen molar-refractivity contribution >= 4 is 11.7 Å². The number of nitro groups is 1. The Hall–Kier alpha value is -1.89. The lowest BCUT2D eigenvalue weighted by Crippen LogP contribution is -2.30. The molecule has 1 aliphatic heterocycles. The van der Waals surface area contributed by atoms with Gasteiger partial charge in [0.25, 0.3) is 5.91 Å². The number of likely N-dealkylation sites (tertiary alicyclic amines) is 1. The zero-order chi connectivity index (χ0) is 13.3. The van der Waals surface area contributed by atoms with E-state index in [4.69, 9.17) is 5.11 Å². The van der Waals surface area contributed by atoms with E-state index in [1.165, 1.54) is 23.7 Å². The summed E-state index contributed by atoms with van der Waals surface area (Å²) in [7, 11) is 1.50. The van der Waals surface area contributed by atoms with Crippen LogP contribution < -0.4 is 0 Å². The molecule has 0 aliphatic carbocycles. The van der Waals surface area contributed by atoms with E-state index >= 15 is 0 Å². The van der Waals surface area contributed by atoms with Crippen molar-refractivity contribution in [3.05, 3.63) is 27.9 Å². The molecule has 0 aromatic carbocycles. The van der Waals surface area contributed by atoms with Gasteiger partial charge in [0.15, 0.2) is 5.69 Å². The van der Waals surface area contributed by atoms with E-state index in [9.17, 15) is 14.9 Å². The van der Waals surface area contributed by atoms with Crippen LogP contribution in [-0.4, -0.2) is 45.1 Å². The van der Waals surface area contributed by atoms with Crippen LogP contribution in [0.5, 0.6) is 0 Å². The SMILES string of the molecule is Cn1c(C(=O)N2CCC(CO)C2)ccc1[N+](=O)[O-]. The van der Waals surface area contributed by atoms with E-state index in [2.05, 4.69) is 0 Å². The Morgan fingerprint density at radius 2 is 2.33 bits per heavy atom. The summed E-state index contributed by atoms with van der Waals surface area (Å²) in [5.74, 6) is -0.206. The van der Waals surface area contributed by atoms with Gasteiger partial charge in [-0.2, -0.15) is 0 Å². The molecule has 1 fully saturated rings. The van der Waals surface area contributed by atoms with Crippen LogP contribution in [0.3, 0.4) is 0 Å². The topological polar surface area (TPSA) is 88.6 Å². The smallest absolute Gasteiger partial charge is 0.323 e. The Labute approximate surface area is 104 Å². The number of hydrogen-bond donors (Lipinski definition) is 1. The minimum atomic E-state index is -0.517. The Morgan fingerprint density at radius 1 is 1.61 bits per heavy atom. The van der Waals surface area contributed by atoms with Gasteiger partial charge in [0.2, 0.25) is 0 Å². The predicted octanol–water partition coefficient (Wildman–Crippen LogP) is 0.388. The number of aliphatic hydroxyl groups is 1. The minimum Gasteiger partial charge on any atom is -0.396 e. The van der Waals surface area contributed by atoms with Crippen LogP contribution in [0.15, 0.2) is 12.1 Å². The molecular weight excluding hydrogens is 238 g/mol. The lowest BCUT2D eigenvalue weighted by Gasteiger charge is -2.14. The van der Waals surface area contributed by atoms with Gasteiger partial charge in [-0.3, -0.25) is 4.79 Å². The van der Waals surface area contributed by atoms with Crippen molar-refractivity contribution in [1.82, 2.24) is 9.47 Å². The molecular formula is C11H15N3O4. The average Bonchev–Trinajstić information content (AvgIpc) is 2.94. The second kappa shape index (κ2) is 4.77. The fourth-order valence-corrected chi connectivity index (χ4v) is 2.23. The van der Waals surface area contributed by atoms with Gasteiger partial charge in [-0.1, -0.05) is 0 Å². The van der Waals surface area contributed by atoms with Crippen molar-refractivity contribution < 1.29 is 14.8 Å². The van der Waals surface area contributed by atoms with Crippen LogP contribution in [0.25, 0.3) is 0 Å². The summed E-state index contributed by atoms with van der Waals surface area (Å²) >= 11 is 0. The van der Waals surface area contributed by atoms with Gasteiger partial charge in [-0.25, -0.2) is 4.57 Å². The highest BCUT2D eigenvalue weighted by molar-refractivity contribution is 5.93. The van der Waals surface area contributed by atoms with Crippen molar-refractivity contribution in [1.29, 1.82) is 0 Å². The molecule has 7 heteroatoms. The molecule has 1 N–H and O–H groups in total. The van der Waals surface area contributed by atoms with E-state index in [1.807, 2.05) is 0 Å². The van der Waals surface area contributed by atoms with Gasteiger partial charge in [-0.05, 0) is 17.4 Å². The fraction of sp³-hybridized carbons (Fsp3) is 0.545. The maximum absolute atomic E-state index is 12.2. The number of carbonyl (C=O) groups excluding carboxylic acids is 1. The molecule has 1 amide bonds. The highest BCUT2D eigenvalue weighted by atomic mass is 16.6. The summed E-state index contributed by atoms with van der Waals surface area (Å²) in [6.45, 7) is 1.16. The molecule has 0 bridgehead atoms.